The van der Waals surface area contributed by atoms with Crippen LogP contribution in [0.4, 0.5) is 0 Å². The fourth-order valence-corrected chi connectivity index (χ4v) is 2.86. The zero-order valence-electron chi connectivity index (χ0n) is 12.5. The smallest absolute Gasteiger partial charge is 0.188 e. The Morgan fingerprint density at radius 3 is 2.35 bits per heavy atom. The highest BCUT2D eigenvalue weighted by molar-refractivity contribution is 9.10. The van der Waals surface area contributed by atoms with Crippen molar-refractivity contribution in [3.8, 4) is 0 Å². The van der Waals surface area contributed by atoms with Crippen LogP contribution >= 0.6 is 15.9 Å². The van der Waals surface area contributed by atoms with Gasteiger partial charge in [0.2, 0.25) is 0 Å². The van der Waals surface area contributed by atoms with Crippen LogP contribution in [0, 0.1) is 0 Å². The molecule has 0 unspecified atom stereocenters. The van der Waals surface area contributed by atoms with Crippen molar-refractivity contribution >= 4 is 24.2 Å². The number of nitrogens with zero attached hydrogens (tertiary/aromatic N) is 3. The molecular formula is C14H22BrN3OSi. The lowest BCUT2D eigenvalue weighted by atomic mass is 9.97. The number of benzene rings is 1. The van der Waals surface area contributed by atoms with Gasteiger partial charge in [-0.1, -0.05) is 47.0 Å². The summed E-state index contributed by atoms with van der Waals surface area (Å²) in [4.78, 5) is 13.3. The highest BCUT2D eigenvalue weighted by Crippen LogP contribution is 2.42. The first-order valence-corrected chi connectivity index (χ1v) is 10.4. The van der Waals surface area contributed by atoms with Crippen LogP contribution in [0.3, 0.4) is 0 Å². The minimum atomic E-state index is -2.23. The van der Waals surface area contributed by atoms with Gasteiger partial charge in [-0.15, -0.1) is 0 Å². The largest absolute Gasteiger partial charge is 0.432 e. The van der Waals surface area contributed by atoms with E-state index in [1.54, 1.807) is 0 Å². The van der Waals surface area contributed by atoms with Crippen molar-refractivity contribution in [3.05, 3.63) is 44.7 Å². The molecule has 0 aromatic heterocycles. The van der Waals surface area contributed by atoms with Gasteiger partial charge in [0.25, 0.3) is 0 Å². The zero-order chi connectivity index (χ0) is 15.4. The van der Waals surface area contributed by atoms with Gasteiger partial charge in [0.05, 0.1) is 6.04 Å². The van der Waals surface area contributed by atoms with Gasteiger partial charge in [0.1, 0.15) is 0 Å². The molecule has 0 aliphatic rings. The first-order chi connectivity index (χ1) is 9.17. The molecule has 0 fully saturated rings. The number of halogens is 1. The Kier molecular flexibility index (Phi) is 5.83. The topological polar surface area (TPSA) is 69.0 Å². The molecular weight excluding hydrogens is 334 g/mol. The zero-order valence-corrected chi connectivity index (χ0v) is 15.1. The maximum atomic E-state index is 10.3. The first-order valence-electron chi connectivity index (χ1n) is 6.69. The fraction of sp³-hybridized carbons (Fsp3) is 0.571. The van der Waals surface area contributed by atoms with Crippen LogP contribution < -0.4 is 0 Å². The molecule has 1 aromatic rings. The van der Waals surface area contributed by atoms with Crippen LogP contribution in [0.5, 0.6) is 0 Å². The molecule has 0 amide bonds. The van der Waals surface area contributed by atoms with Gasteiger partial charge in [-0.2, -0.15) is 0 Å². The second-order valence-electron chi connectivity index (χ2n) is 6.25. The van der Waals surface area contributed by atoms with Gasteiger partial charge < -0.3 is 4.80 Å². The second kappa shape index (κ2) is 6.76. The van der Waals surface area contributed by atoms with Gasteiger partial charge in [0.15, 0.2) is 8.32 Å². The average molecular weight is 356 g/mol. The van der Waals surface area contributed by atoms with Crippen LogP contribution in [-0.4, -0.2) is 13.1 Å². The molecule has 110 valence electrons. The quantitative estimate of drug-likeness (QED) is 0.308. The van der Waals surface area contributed by atoms with Crippen molar-refractivity contribution in [2.24, 2.45) is 5.11 Å². The highest BCUT2D eigenvalue weighted by Gasteiger charge is 2.37. The Balaban J connectivity index is 2.84. The second-order valence-corrected chi connectivity index (χ2v) is 11.6. The number of rotatable bonds is 6. The third kappa shape index (κ3) is 4.63. The predicted molar refractivity (Wildman–Crippen MR) is 89.0 cm³/mol. The van der Waals surface area contributed by atoms with Gasteiger partial charge >= 0.3 is 0 Å². The monoisotopic (exact) mass is 355 g/mol. The van der Waals surface area contributed by atoms with Crippen LogP contribution in [0.1, 0.15) is 38.3 Å². The standard InChI is InChI=1S/C14H22BrN3OSi/c1-14(2,20(3,4)19)10-9-13(17-18-16)11-5-7-12(15)8-6-11/h5-8,13,19H,9-10H2,1-4H3/t13-/m0/s1. The van der Waals surface area contributed by atoms with E-state index in [9.17, 15) is 4.80 Å². The Morgan fingerprint density at radius 1 is 1.35 bits per heavy atom. The SMILES string of the molecule is CC(C)(CC[C@H](N=[N+]=[N-])c1ccc(Br)cc1)[Si](C)(C)O. The van der Waals surface area contributed by atoms with Crippen molar-refractivity contribution < 1.29 is 4.80 Å². The molecule has 1 N–H and O–H groups in total. The summed E-state index contributed by atoms with van der Waals surface area (Å²) in [6, 6.07) is 7.66. The minimum absolute atomic E-state index is 0.106. The van der Waals surface area contributed by atoms with Gasteiger partial charge in [0, 0.05) is 9.38 Å². The Morgan fingerprint density at radius 2 is 1.90 bits per heavy atom. The van der Waals surface area contributed by atoms with E-state index in [1.165, 1.54) is 0 Å². The maximum Gasteiger partial charge on any atom is 0.188 e. The molecule has 0 aliphatic heterocycles. The van der Waals surface area contributed by atoms with E-state index in [-0.39, 0.29) is 11.1 Å². The summed E-state index contributed by atoms with van der Waals surface area (Å²) in [6.45, 7) is 8.09. The minimum Gasteiger partial charge on any atom is -0.432 e. The molecule has 1 rings (SSSR count). The molecule has 0 heterocycles. The normalized spacial score (nSPS) is 13.7. The van der Waals surface area contributed by atoms with E-state index in [1.807, 2.05) is 37.4 Å². The summed E-state index contributed by atoms with van der Waals surface area (Å²) in [5, 5.41) is 3.80. The lowest BCUT2D eigenvalue weighted by molar-refractivity contribution is 0.428. The summed E-state index contributed by atoms with van der Waals surface area (Å²) < 4.78 is 1.00. The summed E-state index contributed by atoms with van der Waals surface area (Å²) in [6.07, 6.45) is 1.58. The van der Waals surface area contributed by atoms with Gasteiger partial charge in [-0.25, -0.2) is 0 Å². The molecule has 0 radical (unpaired) electrons. The van der Waals surface area contributed by atoms with Crippen LogP contribution in [-0.2, 0) is 0 Å². The van der Waals surface area contributed by atoms with Crippen molar-refractivity contribution in [1.29, 1.82) is 0 Å². The molecule has 0 spiro atoms. The molecule has 0 saturated heterocycles. The third-order valence-corrected chi connectivity index (χ3v) is 8.24. The van der Waals surface area contributed by atoms with E-state index in [2.05, 4.69) is 39.8 Å². The Hall–Kier alpha value is -0.813. The van der Waals surface area contributed by atoms with Crippen molar-refractivity contribution in [2.75, 3.05) is 0 Å². The molecule has 4 nitrogen and oxygen atoms in total. The van der Waals surface area contributed by atoms with Crippen molar-refractivity contribution in [3.63, 3.8) is 0 Å². The number of azide groups is 1. The van der Waals surface area contributed by atoms with Crippen LogP contribution in [0.15, 0.2) is 33.9 Å². The van der Waals surface area contributed by atoms with E-state index in [0.717, 1.165) is 22.9 Å². The highest BCUT2D eigenvalue weighted by atomic mass is 79.9. The molecule has 1 atom stereocenters. The van der Waals surface area contributed by atoms with E-state index in [4.69, 9.17) is 5.53 Å². The summed E-state index contributed by atoms with van der Waals surface area (Å²) in [5.41, 5.74) is 9.76. The number of hydrogen-bond acceptors (Lipinski definition) is 2. The summed E-state index contributed by atoms with van der Waals surface area (Å²) in [7, 11) is -2.23. The molecule has 1 aromatic carbocycles. The van der Waals surface area contributed by atoms with E-state index in [0.29, 0.717) is 0 Å². The molecule has 0 saturated carbocycles. The van der Waals surface area contributed by atoms with Crippen LogP contribution in [0.25, 0.3) is 10.4 Å². The lowest BCUT2D eigenvalue weighted by Gasteiger charge is -2.35. The molecule has 0 bridgehead atoms. The third-order valence-electron chi connectivity index (χ3n) is 4.14. The molecule has 6 heteroatoms. The van der Waals surface area contributed by atoms with Crippen molar-refractivity contribution in [1.82, 2.24) is 0 Å². The van der Waals surface area contributed by atoms with Crippen LogP contribution in [0.2, 0.25) is 18.1 Å². The average Bonchev–Trinajstić information content (AvgIpc) is 2.34. The van der Waals surface area contributed by atoms with E-state index >= 15 is 0 Å². The Labute approximate surface area is 130 Å². The Bertz CT molecular complexity index is 490. The van der Waals surface area contributed by atoms with Crippen molar-refractivity contribution in [2.45, 2.75) is 50.9 Å². The summed E-state index contributed by atoms with van der Waals surface area (Å²) in [5.74, 6) is 0. The predicted octanol–water partition coefficient (Wildman–Crippen LogP) is 5.56. The maximum absolute atomic E-state index is 10.3. The lowest BCUT2D eigenvalue weighted by Crippen LogP contribution is -2.39. The van der Waals surface area contributed by atoms with Gasteiger partial charge in [-0.3, -0.25) is 0 Å². The fourth-order valence-electron chi connectivity index (χ4n) is 1.84. The summed E-state index contributed by atoms with van der Waals surface area (Å²) >= 11 is 3.40. The van der Waals surface area contributed by atoms with Gasteiger partial charge in [-0.05, 0) is 54.2 Å². The van der Waals surface area contributed by atoms with E-state index < -0.39 is 8.32 Å². The molecule has 20 heavy (non-hydrogen) atoms. The number of hydrogen-bond donors (Lipinski definition) is 1. The molecule has 0 aliphatic carbocycles. The first kappa shape index (κ1) is 17.2.